The number of hydrogen-bond acceptors (Lipinski definition) is 3. The largest absolute Gasteiger partial charge is 0.303 e. The minimum absolute atomic E-state index is 0.262. The Hall–Kier alpha value is -1.68. The number of hydrogen-bond donors (Lipinski definition) is 1. The first kappa shape index (κ1) is 12.1. The minimum atomic E-state index is 0.262. The zero-order chi connectivity index (χ0) is 13.5. The summed E-state index contributed by atoms with van der Waals surface area (Å²) < 4.78 is 0. The predicted molar refractivity (Wildman–Crippen MR) is 77.5 cm³/mol. The molecule has 3 aliphatic rings. The number of rotatable bonds is 3. The number of aromatic amines is 1. The minimum Gasteiger partial charge on any atom is -0.303 e. The van der Waals surface area contributed by atoms with Gasteiger partial charge in [-0.15, -0.1) is 0 Å². The van der Waals surface area contributed by atoms with Crippen LogP contribution in [0, 0.1) is 11.8 Å². The second-order valence-corrected chi connectivity index (χ2v) is 6.18. The molecule has 4 heteroatoms. The monoisotopic (exact) mass is 269 g/mol. The first-order valence-electron chi connectivity index (χ1n) is 7.47. The molecule has 0 saturated carbocycles. The van der Waals surface area contributed by atoms with Gasteiger partial charge >= 0.3 is 0 Å². The van der Waals surface area contributed by atoms with Crippen molar-refractivity contribution in [3.05, 3.63) is 30.0 Å². The average molecular weight is 269 g/mol. The summed E-state index contributed by atoms with van der Waals surface area (Å²) in [4.78, 5) is 15.0. The fourth-order valence-electron chi connectivity index (χ4n) is 3.76. The standard InChI is InChI=1S/C16H19N3O/c20-16(14-10-19-5-3-12(14)4-6-19)8-11-1-2-15-13(7-11)9-17-18-15/h1-2,7,9,12,14H,3-6,8,10H2,(H,17,18). The molecule has 1 aromatic carbocycles. The van der Waals surface area contributed by atoms with Crippen LogP contribution in [-0.4, -0.2) is 40.5 Å². The number of benzene rings is 1. The van der Waals surface area contributed by atoms with Gasteiger partial charge in [0.05, 0.1) is 11.7 Å². The van der Waals surface area contributed by atoms with Gasteiger partial charge in [-0.05, 0) is 49.5 Å². The van der Waals surface area contributed by atoms with Crippen molar-refractivity contribution in [2.24, 2.45) is 11.8 Å². The van der Waals surface area contributed by atoms with E-state index < -0.39 is 0 Å². The van der Waals surface area contributed by atoms with Gasteiger partial charge in [-0.1, -0.05) is 6.07 Å². The lowest BCUT2D eigenvalue weighted by molar-refractivity contribution is -0.128. The van der Waals surface area contributed by atoms with Crippen LogP contribution in [0.5, 0.6) is 0 Å². The van der Waals surface area contributed by atoms with Crippen molar-refractivity contribution in [2.75, 3.05) is 19.6 Å². The Labute approximate surface area is 118 Å². The molecular formula is C16H19N3O. The van der Waals surface area contributed by atoms with Crippen LogP contribution in [0.2, 0.25) is 0 Å². The van der Waals surface area contributed by atoms with Gasteiger partial charge in [0.1, 0.15) is 5.78 Å². The van der Waals surface area contributed by atoms with E-state index in [1.807, 2.05) is 18.3 Å². The summed E-state index contributed by atoms with van der Waals surface area (Å²) in [5.74, 6) is 1.31. The highest BCUT2D eigenvalue weighted by molar-refractivity contribution is 5.86. The fraction of sp³-hybridized carbons (Fsp3) is 0.500. The molecule has 4 heterocycles. The number of aromatic nitrogens is 2. The molecule has 0 spiro atoms. The van der Waals surface area contributed by atoms with Gasteiger partial charge in [-0.2, -0.15) is 5.10 Å². The maximum atomic E-state index is 12.6. The fourth-order valence-corrected chi connectivity index (χ4v) is 3.76. The molecule has 3 aliphatic heterocycles. The molecule has 0 radical (unpaired) electrons. The Kier molecular flexibility index (Phi) is 2.84. The lowest BCUT2D eigenvalue weighted by Crippen LogP contribution is -2.50. The van der Waals surface area contributed by atoms with Crippen LogP contribution in [0.1, 0.15) is 18.4 Å². The third-order valence-corrected chi connectivity index (χ3v) is 4.95. The van der Waals surface area contributed by atoms with Crippen molar-refractivity contribution < 1.29 is 4.79 Å². The quantitative estimate of drug-likeness (QED) is 0.927. The number of piperidine rings is 3. The highest BCUT2D eigenvalue weighted by atomic mass is 16.1. The van der Waals surface area contributed by atoms with Crippen molar-refractivity contribution in [2.45, 2.75) is 19.3 Å². The number of carbonyl (C=O) groups excluding carboxylic acids is 1. The number of nitrogens with one attached hydrogen (secondary N) is 1. The zero-order valence-corrected chi connectivity index (χ0v) is 11.5. The molecule has 1 N–H and O–H groups in total. The second-order valence-electron chi connectivity index (χ2n) is 6.18. The van der Waals surface area contributed by atoms with Crippen LogP contribution < -0.4 is 0 Å². The molecule has 104 valence electrons. The molecular weight excluding hydrogens is 250 g/mol. The van der Waals surface area contributed by atoms with Gasteiger partial charge in [0.2, 0.25) is 0 Å². The van der Waals surface area contributed by atoms with Crippen LogP contribution in [0.4, 0.5) is 0 Å². The summed E-state index contributed by atoms with van der Waals surface area (Å²) in [7, 11) is 0. The SMILES string of the molecule is O=C(Cc1ccc2[nH]ncc2c1)C1CN2CCC1CC2. The van der Waals surface area contributed by atoms with E-state index in [2.05, 4.69) is 21.2 Å². The Morgan fingerprint density at radius 2 is 2.20 bits per heavy atom. The summed E-state index contributed by atoms with van der Waals surface area (Å²) >= 11 is 0. The maximum absolute atomic E-state index is 12.6. The Morgan fingerprint density at radius 1 is 1.35 bits per heavy atom. The first-order chi connectivity index (χ1) is 9.79. The van der Waals surface area contributed by atoms with E-state index in [9.17, 15) is 4.79 Å². The molecule has 2 aromatic rings. The summed E-state index contributed by atoms with van der Waals surface area (Å²) in [5.41, 5.74) is 2.14. The molecule has 3 fully saturated rings. The van der Waals surface area contributed by atoms with Crippen molar-refractivity contribution in [3.63, 3.8) is 0 Å². The van der Waals surface area contributed by atoms with Crippen molar-refractivity contribution in [1.82, 2.24) is 15.1 Å². The molecule has 5 rings (SSSR count). The van der Waals surface area contributed by atoms with Crippen LogP contribution in [0.15, 0.2) is 24.4 Å². The highest BCUT2D eigenvalue weighted by Gasteiger charge is 2.37. The molecule has 0 aliphatic carbocycles. The second kappa shape index (κ2) is 4.70. The molecule has 3 saturated heterocycles. The van der Waals surface area contributed by atoms with Gasteiger partial charge < -0.3 is 4.90 Å². The number of ketones is 1. The van der Waals surface area contributed by atoms with Crippen molar-refractivity contribution in [3.8, 4) is 0 Å². The zero-order valence-electron chi connectivity index (χ0n) is 11.5. The van der Waals surface area contributed by atoms with E-state index in [0.717, 1.165) is 23.0 Å². The van der Waals surface area contributed by atoms with Crippen LogP contribution >= 0.6 is 0 Å². The van der Waals surface area contributed by atoms with Gasteiger partial charge in [-0.25, -0.2) is 0 Å². The molecule has 2 bridgehead atoms. The summed E-state index contributed by atoms with van der Waals surface area (Å²) in [6, 6.07) is 6.14. The molecule has 0 amide bonds. The van der Waals surface area contributed by atoms with Crippen molar-refractivity contribution in [1.29, 1.82) is 0 Å². The summed E-state index contributed by atoms with van der Waals surface area (Å²) in [6.45, 7) is 3.36. The summed E-state index contributed by atoms with van der Waals surface area (Å²) in [5, 5.41) is 8.06. The number of fused-ring (bicyclic) bond motifs is 4. The smallest absolute Gasteiger partial charge is 0.141 e. The lowest BCUT2D eigenvalue weighted by Gasteiger charge is -2.44. The number of nitrogens with zero attached hydrogens (tertiary/aromatic N) is 2. The summed E-state index contributed by atoms with van der Waals surface area (Å²) in [6.07, 6.45) is 4.79. The van der Waals surface area contributed by atoms with Crippen LogP contribution in [0.3, 0.4) is 0 Å². The lowest BCUT2D eigenvalue weighted by atomic mass is 9.76. The molecule has 20 heavy (non-hydrogen) atoms. The van der Waals surface area contributed by atoms with E-state index in [-0.39, 0.29) is 5.92 Å². The normalized spacial score (nSPS) is 28.9. The van der Waals surface area contributed by atoms with Crippen molar-refractivity contribution >= 4 is 16.7 Å². The molecule has 1 unspecified atom stereocenters. The van der Waals surface area contributed by atoms with Gasteiger partial charge in [0.15, 0.2) is 0 Å². The number of H-pyrrole nitrogens is 1. The Morgan fingerprint density at radius 3 is 2.95 bits per heavy atom. The number of carbonyl (C=O) groups is 1. The van der Waals surface area contributed by atoms with E-state index in [0.29, 0.717) is 18.1 Å². The van der Waals surface area contributed by atoms with Gasteiger partial charge in [0, 0.05) is 24.3 Å². The predicted octanol–water partition coefficient (Wildman–Crippen LogP) is 2.02. The van der Waals surface area contributed by atoms with E-state index in [1.165, 1.54) is 25.9 Å². The third kappa shape index (κ3) is 2.04. The number of Topliss-reactive ketones (excluding diaryl/α,β-unsaturated/α-hetero) is 1. The third-order valence-electron chi connectivity index (χ3n) is 4.95. The van der Waals surface area contributed by atoms with E-state index in [1.54, 1.807) is 0 Å². The van der Waals surface area contributed by atoms with Gasteiger partial charge in [-0.3, -0.25) is 9.89 Å². The van der Waals surface area contributed by atoms with Crippen LogP contribution in [0.25, 0.3) is 10.9 Å². The Balaban J connectivity index is 1.51. The van der Waals surface area contributed by atoms with E-state index >= 15 is 0 Å². The maximum Gasteiger partial charge on any atom is 0.141 e. The topological polar surface area (TPSA) is 49.0 Å². The first-order valence-corrected chi connectivity index (χ1v) is 7.47. The molecule has 4 nitrogen and oxygen atoms in total. The Bertz CT molecular complexity index is 640. The van der Waals surface area contributed by atoms with Gasteiger partial charge in [0.25, 0.3) is 0 Å². The van der Waals surface area contributed by atoms with E-state index in [4.69, 9.17) is 0 Å². The average Bonchev–Trinajstić information content (AvgIpc) is 2.96. The molecule has 1 aromatic heterocycles. The molecule has 1 atom stereocenters. The van der Waals surface area contributed by atoms with Crippen LogP contribution in [-0.2, 0) is 11.2 Å². The highest BCUT2D eigenvalue weighted by Crippen LogP contribution is 2.33.